The number of H-pyrrole nitrogens is 2. The van der Waals surface area contributed by atoms with Crippen molar-refractivity contribution in [2.75, 3.05) is 20.2 Å². The van der Waals surface area contributed by atoms with E-state index >= 15 is 0 Å². The Morgan fingerprint density at radius 1 is 0.949 bits per heavy atom. The van der Waals surface area contributed by atoms with Crippen molar-refractivity contribution in [2.45, 2.75) is 19.4 Å². The molecule has 7 rings (SSSR count). The standard InChI is InChI=1S/C30H26FN7O/c1-39-22-12-19(11-21(31)13-22)28-23-14-27(34-25(23)6-7-33-28)30-29-26(36-37-30)5-4-24(35-29)20-10-18(15-32-16-20)17-38-8-2-3-9-38/h4-7,10-16,34H,2-3,8-9,17H2,1H3,(H,36,37). The van der Waals surface area contributed by atoms with Gasteiger partial charge in [0.15, 0.2) is 0 Å². The van der Waals surface area contributed by atoms with E-state index in [1.54, 1.807) is 12.3 Å². The molecule has 194 valence electrons. The van der Waals surface area contributed by atoms with Gasteiger partial charge in [-0.05, 0) is 74.0 Å². The van der Waals surface area contributed by atoms with Crippen LogP contribution in [-0.2, 0) is 6.54 Å². The van der Waals surface area contributed by atoms with E-state index in [0.29, 0.717) is 22.7 Å². The van der Waals surface area contributed by atoms with Crippen LogP contribution in [0.5, 0.6) is 5.75 Å². The van der Waals surface area contributed by atoms with Crippen molar-refractivity contribution in [1.82, 2.24) is 35.0 Å². The number of likely N-dealkylation sites (tertiary alicyclic amines) is 1. The molecule has 9 heteroatoms. The summed E-state index contributed by atoms with van der Waals surface area (Å²) >= 11 is 0. The summed E-state index contributed by atoms with van der Waals surface area (Å²) in [6.45, 7) is 3.19. The average Bonchev–Trinajstić information content (AvgIpc) is 3.72. The van der Waals surface area contributed by atoms with Crippen LogP contribution in [0.25, 0.3) is 55.8 Å². The molecule has 0 unspecified atom stereocenters. The van der Waals surface area contributed by atoms with Crippen molar-refractivity contribution < 1.29 is 9.13 Å². The SMILES string of the molecule is COc1cc(F)cc(-c2nccc3[nH]c(-c4n[nH]c5ccc(-c6cncc(CN7CCCC7)c6)nc45)cc23)c1. The number of aromatic nitrogens is 6. The first-order chi connectivity index (χ1) is 19.1. The number of pyridine rings is 3. The van der Waals surface area contributed by atoms with Gasteiger partial charge in [-0.25, -0.2) is 9.37 Å². The third-order valence-electron chi connectivity index (χ3n) is 7.29. The van der Waals surface area contributed by atoms with Crippen molar-refractivity contribution in [3.8, 4) is 39.7 Å². The lowest BCUT2D eigenvalue weighted by atomic mass is 10.1. The molecule has 6 heterocycles. The predicted octanol–water partition coefficient (Wildman–Crippen LogP) is 5.97. The van der Waals surface area contributed by atoms with Gasteiger partial charge < -0.3 is 9.72 Å². The van der Waals surface area contributed by atoms with Gasteiger partial charge in [0.1, 0.15) is 22.8 Å². The molecule has 0 amide bonds. The summed E-state index contributed by atoms with van der Waals surface area (Å²) in [5, 5.41) is 8.54. The first-order valence-electron chi connectivity index (χ1n) is 13.0. The molecule has 1 aromatic carbocycles. The highest BCUT2D eigenvalue weighted by atomic mass is 19.1. The van der Waals surface area contributed by atoms with E-state index < -0.39 is 0 Å². The zero-order valence-electron chi connectivity index (χ0n) is 21.4. The number of nitrogens with zero attached hydrogens (tertiary/aromatic N) is 5. The maximum Gasteiger partial charge on any atom is 0.135 e. The summed E-state index contributed by atoms with van der Waals surface area (Å²) in [6.07, 6.45) is 8.02. The second-order valence-electron chi connectivity index (χ2n) is 9.91. The van der Waals surface area contributed by atoms with Gasteiger partial charge in [-0.15, -0.1) is 0 Å². The molecule has 0 radical (unpaired) electrons. The number of nitrogens with one attached hydrogen (secondary N) is 2. The summed E-state index contributed by atoms with van der Waals surface area (Å²) in [5.41, 5.74) is 8.24. The van der Waals surface area contributed by atoms with Crippen LogP contribution in [0, 0.1) is 5.82 Å². The van der Waals surface area contributed by atoms with E-state index in [1.807, 2.05) is 36.7 Å². The fourth-order valence-electron chi connectivity index (χ4n) is 5.39. The van der Waals surface area contributed by atoms with Crippen LogP contribution in [0.4, 0.5) is 4.39 Å². The van der Waals surface area contributed by atoms with Crippen molar-refractivity contribution in [3.05, 3.63) is 78.5 Å². The van der Waals surface area contributed by atoms with Crippen molar-refractivity contribution >= 4 is 21.9 Å². The molecule has 1 aliphatic rings. The van der Waals surface area contributed by atoms with Gasteiger partial charge in [0, 0.05) is 53.2 Å². The Morgan fingerprint density at radius 3 is 2.72 bits per heavy atom. The highest BCUT2D eigenvalue weighted by Gasteiger charge is 2.17. The summed E-state index contributed by atoms with van der Waals surface area (Å²) in [5.74, 6) is 0.0569. The minimum atomic E-state index is -0.382. The molecule has 1 aliphatic heterocycles. The molecule has 2 N–H and O–H groups in total. The molecular formula is C30H26FN7O. The topological polar surface area (TPSA) is 95.6 Å². The lowest BCUT2D eigenvalue weighted by Crippen LogP contribution is -2.18. The monoisotopic (exact) mass is 519 g/mol. The molecular weight excluding hydrogens is 493 g/mol. The summed E-state index contributed by atoms with van der Waals surface area (Å²) in [4.78, 5) is 20.0. The Labute approximate surface area is 223 Å². The second-order valence-corrected chi connectivity index (χ2v) is 9.91. The van der Waals surface area contributed by atoms with Gasteiger partial charge >= 0.3 is 0 Å². The van der Waals surface area contributed by atoms with Crippen LogP contribution < -0.4 is 4.74 Å². The highest BCUT2D eigenvalue weighted by molar-refractivity contribution is 5.99. The molecule has 0 atom stereocenters. The molecule has 0 saturated carbocycles. The highest BCUT2D eigenvalue weighted by Crippen LogP contribution is 2.34. The Kier molecular flexibility index (Phi) is 5.78. The molecule has 5 aromatic heterocycles. The number of hydrogen-bond acceptors (Lipinski definition) is 6. The fraction of sp³-hybridized carbons (Fsp3) is 0.200. The van der Waals surface area contributed by atoms with E-state index in [9.17, 15) is 4.39 Å². The zero-order valence-corrected chi connectivity index (χ0v) is 21.4. The zero-order chi connectivity index (χ0) is 26.3. The summed E-state index contributed by atoms with van der Waals surface area (Å²) in [7, 11) is 1.52. The first-order valence-corrected chi connectivity index (χ1v) is 13.0. The Hall–Kier alpha value is -4.63. The molecule has 0 bridgehead atoms. The molecule has 1 saturated heterocycles. The number of rotatable bonds is 6. The lowest BCUT2D eigenvalue weighted by molar-refractivity contribution is 0.331. The third-order valence-corrected chi connectivity index (χ3v) is 7.29. The smallest absolute Gasteiger partial charge is 0.135 e. The van der Waals surface area contributed by atoms with Crippen LogP contribution >= 0.6 is 0 Å². The van der Waals surface area contributed by atoms with Crippen LogP contribution in [0.2, 0.25) is 0 Å². The van der Waals surface area contributed by atoms with Crippen LogP contribution in [0.15, 0.2) is 67.1 Å². The molecule has 6 aromatic rings. The normalized spacial score (nSPS) is 14.0. The first kappa shape index (κ1) is 23.5. The summed E-state index contributed by atoms with van der Waals surface area (Å²) < 4.78 is 19.5. The van der Waals surface area contributed by atoms with Crippen molar-refractivity contribution in [2.24, 2.45) is 0 Å². The maximum absolute atomic E-state index is 14.3. The number of fused-ring (bicyclic) bond motifs is 2. The minimum absolute atomic E-state index is 0.382. The van der Waals surface area contributed by atoms with Crippen LogP contribution in [0.1, 0.15) is 18.4 Å². The Morgan fingerprint density at radius 2 is 1.85 bits per heavy atom. The molecule has 8 nitrogen and oxygen atoms in total. The Bertz CT molecular complexity index is 1820. The summed E-state index contributed by atoms with van der Waals surface area (Å²) in [6, 6.07) is 14.6. The molecule has 0 aliphatic carbocycles. The van der Waals surface area contributed by atoms with E-state index in [-0.39, 0.29) is 5.82 Å². The van der Waals surface area contributed by atoms with Crippen molar-refractivity contribution in [1.29, 1.82) is 0 Å². The van der Waals surface area contributed by atoms with E-state index in [1.165, 1.54) is 37.6 Å². The minimum Gasteiger partial charge on any atom is -0.497 e. The van der Waals surface area contributed by atoms with E-state index in [0.717, 1.165) is 58.5 Å². The predicted molar refractivity (Wildman–Crippen MR) is 149 cm³/mol. The van der Waals surface area contributed by atoms with Gasteiger partial charge in [0.2, 0.25) is 0 Å². The fourth-order valence-corrected chi connectivity index (χ4v) is 5.39. The van der Waals surface area contributed by atoms with Gasteiger partial charge in [0.05, 0.1) is 29.7 Å². The molecule has 0 spiro atoms. The third kappa shape index (κ3) is 4.40. The lowest BCUT2D eigenvalue weighted by Gasteiger charge is -2.14. The number of aromatic amines is 2. The number of benzene rings is 1. The average molecular weight is 520 g/mol. The number of ether oxygens (including phenoxy) is 1. The van der Waals surface area contributed by atoms with Crippen molar-refractivity contribution in [3.63, 3.8) is 0 Å². The van der Waals surface area contributed by atoms with Gasteiger partial charge in [-0.2, -0.15) is 5.10 Å². The maximum atomic E-state index is 14.3. The van der Waals surface area contributed by atoms with Crippen LogP contribution in [-0.4, -0.2) is 55.2 Å². The van der Waals surface area contributed by atoms with Gasteiger partial charge in [-0.1, -0.05) is 0 Å². The van der Waals surface area contributed by atoms with E-state index in [2.05, 4.69) is 36.1 Å². The number of halogens is 1. The second kappa shape index (κ2) is 9.59. The largest absolute Gasteiger partial charge is 0.497 e. The van der Waals surface area contributed by atoms with Crippen LogP contribution in [0.3, 0.4) is 0 Å². The molecule has 1 fully saturated rings. The number of hydrogen-bond donors (Lipinski definition) is 2. The number of methoxy groups -OCH3 is 1. The Balaban J connectivity index is 1.28. The molecule has 39 heavy (non-hydrogen) atoms. The quantitative estimate of drug-likeness (QED) is 0.281. The van der Waals surface area contributed by atoms with Gasteiger partial charge in [-0.3, -0.25) is 20.0 Å². The van der Waals surface area contributed by atoms with E-state index in [4.69, 9.17) is 9.72 Å². The van der Waals surface area contributed by atoms with Gasteiger partial charge in [0.25, 0.3) is 0 Å².